The van der Waals surface area contributed by atoms with Gasteiger partial charge in [-0.1, -0.05) is 61.2 Å². The molecule has 0 heterocycles. The first-order valence-corrected chi connectivity index (χ1v) is 17.9. The molecule has 2 bridgehead atoms. The SMILES string of the molecule is C=CC(=O)OCCCOc1ccc(-c2ccc(-c3ccc(OCc4ccc(OCCCOC(=O)C5(C)CC6C=CC5C6)cc4)c(C=N)c3)cc2F)cc1. The third kappa shape index (κ3) is 9.21. The molecule has 3 atom stereocenters. The minimum atomic E-state index is -0.465. The number of benzene rings is 4. The van der Waals surface area contributed by atoms with Gasteiger partial charge in [0.15, 0.2) is 0 Å². The van der Waals surface area contributed by atoms with Crippen molar-refractivity contribution in [2.75, 3.05) is 26.4 Å². The lowest BCUT2D eigenvalue weighted by molar-refractivity contribution is -0.156. The van der Waals surface area contributed by atoms with Crippen molar-refractivity contribution in [1.29, 1.82) is 5.41 Å². The Morgan fingerprint density at radius 3 is 2.08 bits per heavy atom. The molecule has 2 aliphatic carbocycles. The van der Waals surface area contributed by atoms with Gasteiger partial charge < -0.3 is 29.1 Å². The highest BCUT2D eigenvalue weighted by atomic mass is 19.1. The smallest absolute Gasteiger partial charge is 0.330 e. The summed E-state index contributed by atoms with van der Waals surface area (Å²) in [6.07, 6.45) is 9.82. The van der Waals surface area contributed by atoms with Crippen molar-refractivity contribution in [2.45, 2.75) is 39.2 Å². The van der Waals surface area contributed by atoms with Gasteiger partial charge >= 0.3 is 11.9 Å². The Hall–Kier alpha value is -5.70. The van der Waals surface area contributed by atoms with E-state index in [4.69, 9.17) is 29.1 Å². The molecule has 1 N–H and O–H groups in total. The number of esters is 2. The lowest BCUT2D eigenvalue weighted by Gasteiger charge is -2.28. The summed E-state index contributed by atoms with van der Waals surface area (Å²) in [6, 6.07) is 25.3. The Morgan fingerprint density at radius 2 is 1.45 bits per heavy atom. The van der Waals surface area contributed by atoms with E-state index in [2.05, 4.69) is 18.7 Å². The molecule has 4 aromatic carbocycles. The lowest BCUT2D eigenvalue weighted by Crippen LogP contribution is -2.34. The zero-order valence-corrected chi connectivity index (χ0v) is 29.9. The molecule has 0 amide bonds. The zero-order valence-electron chi connectivity index (χ0n) is 29.9. The Balaban J connectivity index is 0.953. The van der Waals surface area contributed by atoms with Crippen LogP contribution < -0.4 is 14.2 Å². The maximum absolute atomic E-state index is 15.3. The molecule has 0 aromatic heterocycles. The van der Waals surface area contributed by atoms with Gasteiger partial charge in [-0.15, -0.1) is 0 Å². The molecule has 1 saturated carbocycles. The maximum atomic E-state index is 15.3. The molecule has 8 nitrogen and oxygen atoms in total. The van der Waals surface area contributed by atoms with Crippen molar-refractivity contribution >= 4 is 18.2 Å². The van der Waals surface area contributed by atoms with E-state index in [0.717, 1.165) is 35.8 Å². The molecule has 6 rings (SSSR count). The topological polar surface area (TPSA) is 104 Å². The second kappa shape index (κ2) is 17.2. The van der Waals surface area contributed by atoms with Crippen molar-refractivity contribution < 1.29 is 37.7 Å². The van der Waals surface area contributed by atoms with Crippen LogP contribution in [0.2, 0.25) is 0 Å². The molecular weight excluding hydrogens is 673 g/mol. The summed E-state index contributed by atoms with van der Waals surface area (Å²) >= 11 is 0. The summed E-state index contributed by atoms with van der Waals surface area (Å²) in [5.74, 6) is 1.77. The first-order valence-electron chi connectivity index (χ1n) is 17.9. The van der Waals surface area contributed by atoms with Crippen LogP contribution in [0, 0.1) is 28.5 Å². The molecule has 0 spiro atoms. The van der Waals surface area contributed by atoms with Gasteiger partial charge in [-0.2, -0.15) is 0 Å². The molecule has 53 heavy (non-hydrogen) atoms. The maximum Gasteiger partial charge on any atom is 0.330 e. The van der Waals surface area contributed by atoms with Crippen molar-refractivity contribution in [3.05, 3.63) is 127 Å². The summed E-state index contributed by atoms with van der Waals surface area (Å²) in [4.78, 5) is 23.8. The highest BCUT2D eigenvalue weighted by Gasteiger charge is 2.51. The van der Waals surface area contributed by atoms with Crippen molar-refractivity contribution in [3.8, 4) is 39.5 Å². The summed E-state index contributed by atoms with van der Waals surface area (Å²) in [6.45, 7) is 7.07. The van der Waals surface area contributed by atoms with E-state index in [1.807, 2.05) is 49.4 Å². The molecular formula is C44H44FNO7. The minimum absolute atomic E-state index is 0.103. The van der Waals surface area contributed by atoms with E-state index < -0.39 is 11.4 Å². The molecule has 1 fully saturated rings. The average molecular weight is 718 g/mol. The van der Waals surface area contributed by atoms with Gasteiger partial charge in [0.2, 0.25) is 0 Å². The number of hydrogen-bond acceptors (Lipinski definition) is 8. The highest BCUT2D eigenvalue weighted by Crippen LogP contribution is 2.52. The number of carbonyl (C=O) groups excluding carboxylic acids is 2. The van der Waals surface area contributed by atoms with E-state index in [1.165, 1.54) is 12.3 Å². The van der Waals surface area contributed by atoms with Crippen LogP contribution in [0.1, 0.15) is 43.7 Å². The second-order valence-electron chi connectivity index (χ2n) is 13.6. The third-order valence-corrected chi connectivity index (χ3v) is 9.85. The normalized spacial score (nSPS) is 18.3. The number of fused-ring (bicyclic) bond motifs is 2. The van der Waals surface area contributed by atoms with Gasteiger partial charge in [0, 0.05) is 36.3 Å². The Labute approximate surface area is 309 Å². The summed E-state index contributed by atoms with van der Waals surface area (Å²) < 4.78 is 43.5. The molecule has 3 unspecified atom stereocenters. The van der Waals surface area contributed by atoms with Crippen LogP contribution in [0.4, 0.5) is 4.39 Å². The fourth-order valence-corrected chi connectivity index (χ4v) is 6.86. The Kier molecular flexibility index (Phi) is 12.0. The first-order chi connectivity index (χ1) is 25.7. The zero-order chi connectivity index (χ0) is 37.2. The first kappa shape index (κ1) is 37.1. The van der Waals surface area contributed by atoms with Crippen molar-refractivity contribution in [1.82, 2.24) is 0 Å². The van der Waals surface area contributed by atoms with Gasteiger partial charge in [-0.25, -0.2) is 9.18 Å². The van der Waals surface area contributed by atoms with Crippen LogP contribution in [-0.2, 0) is 25.7 Å². The van der Waals surface area contributed by atoms with Gasteiger partial charge in [0.1, 0.15) is 29.7 Å². The van der Waals surface area contributed by atoms with Gasteiger partial charge in [-0.05, 0) is 96.3 Å². The van der Waals surface area contributed by atoms with Crippen LogP contribution in [0.25, 0.3) is 22.3 Å². The van der Waals surface area contributed by atoms with Crippen molar-refractivity contribution in [3.63, 3.8) is 0 Å². The number of allylic oxidation sites excluding steroid dienone is 2. The van der Waals surface area contributed by atoms with Crippen LogP contribution in [0.5, 0.6) is 17.2 Å². The fraction of sp³-hybridized carbons (Fsp3) is 0.295. The van der Waals surface area contributed by atoms with Crippen LogP contribution in [-0.4, -0.2) is 44.6 Å². The Morgan fingerprint density at radius 1 is 0.811 bits per heavy atom. The molecule has 0 radical (unpaired) electrons. The molecule has 4 aromatic rings. The van der Waals surface area contributed by atoms with E-state index >= 15 is 4.39 Å². The highest BCUT2D eigenvalue weighted by molar-refractivity contribution is 5.85. The molecule has 9 heteroatoms. The van der Waals surface area contributed by atoms with E-state index in [0.29, 0.717) is 84.9 Å². The van der Waals surface area contributed by atoms with Gasteiger partial charge in [0.25, 0.3) is 0 Å². The van der Waals surface area contributed by atoms with Crippen LogP contribution >= 0.6 is 0 Å². The summed E-state index contributed by atoms with van der Waals surface area (Å²) in [5.41, 5.74) is 3.72. The number of halogens is 1. The second-order valence-corrected chi connectivity index (χ2v) is 13.6. The number of rotatable bonds is 18. The van der Waals surface area contributed by atoms with Gasteiger partial charge in [-0.3, -0.25) is 4.79 Å². The largest absolute Gasteiger partial charge is 0.493 e. The number of hydrogen-bond donors (Lipinski definition) is 1. The average Bonchev–Trinajstić information content (AvgIpc) is 3.79. The molecule has 0 aliphatic heterocycles. The minimum Gasteiger partial charge on any atom is -0.493 e. The lowest BCUT2D eigenvalue weighted by atomic mass is 9.78. The van der Waals surface area contributed by atoms with Crippen LogP contribution in [0.15, 0.2) is 110 Å². The van der Waals surface area contributed by atoms with E-state index in [-0.39, 0.29) is 18.4 Å². The summed E-state index contributed by atoms with van der Waals surface area (Å²) in [5, 5.41) is 7.98. The number of nitrogens with one attached hydrogen (secondary N) is 1. The molecule has 2 aliphatic rings. The van der Waals surface area contributed by atoms with Gasteiger partial charge in [0.05, 0.1) is 31.8 Å². The number of ether oxygens (including phenoxy) is 5. The third-order valence-electron chi connectivity index (χ3n) is 9.85. The Bertz CT molecular complexity index is 1960. The monoisotopic (exact) mass is 717 g/mol. The predicted molar refractivity (Wildman–Crippen MR) is 202 cm³/mol. The van der Waals surface area contributed by atoms with Crippen molar-refractivity contribution in [2.24, 2.45) is 17.3 Å². The molecule has 0 saturated heterocycles. The molecule has 274 valence electrons. The van der Waals surface area contributed by atoms with Crippen LogP contribution in [0.3, 0.4) is 0 Å². The number of carbonyl (C=O) groups is 2. The quantitative estimate of drug-likeness (QED) is 0.0360. The summed E-state index contributed by atoms with van der Waals surface area (Å²) in [7, 11) is 0. The standard InChI is InChI=1S/C44H44FNO7/c1-3-42(47)51-22-4-20-50-38-16-9-32(10-17-38)39-18-11-34(26-40(39)45)33-12-19-41(35(25-33)28-46)53-29-30-7-14-37(15-8-30)49-21-5-23-52-43(48)44(2)27-31-6-13-36(44)24-31/h3,6-19,25-26,28,31,36,46H,1,4-5,20-24,27,29H2,2H3. The predicted octanol–water partition coefficient (Wildman–Crippen LogP) is 9.15. The van der Waals surface area contributed by atoms with E-state index in [1.54, 1.807) is 36.4 Å². The van der Waals surface area contributed by atoms with E-state index in [9.17, 15) is 9.59 Å². The fourth-order valence-electron chi connectivity index (χ4n) is 6.86.